The summed E-state index contributed by atoms with van der Waals surface area (Å²) in [6.45, 7) is -1.86. The molecule has 4 aromatic carbocycles. The summed E-state index contributed by atoms with van der Waals surface area (Å²) >= 11 is 0. The molecule has 2 unspecified atom stereocenters. The lowest BCUT2D eigenvalue weighted by Gasteiger charge is -2.39. The van der Waals surface area contributed by atoms with Gasteiger partial charge < -0.3 is 115 Å². The molecule has 4 aliphatic rings. The molecule has 3 fully saturated rings. The van der Waals surface area contributed by atoms with Crippen LogP contribution in [0.25, 0.3) is 0 Å². The minimum absolute atomic E-state index is 0.265. The van der Waals surface area contributed by atoms with Crippen LogP contribution in [0.4, 0.5) is 5.69 Å². The normalized spacial score (nSPS) is 32.2. The van der Waals surface area contributed by atoms with Gasteiger partial charge in [-0.2, -0.15) is 0 Å². The van der Waals surface area contributed by atoms with Crippen LogP contribution in [0.1, 0.15) is 91.5 Å². The molecule has 12 rings (SSSR count). The number of aromatic amines is 4. The molecule has 4 aliphatic heterocycles. The third-order valence-corrected chi connectivity index (χ3v) is 16.6. The molecule has 0 radical (unpaired) electrons. The topological polar surface area (TPSA) is 387 Å². The minimum Gasteiger partial charge on any atom is -0.462 e. The highest BCUT2D eigenvalue weighted by Crippen LogP contribution is 2.43. The Labute approximate surface area is 485 Å². The van der Waals surface area contributed by atoms with Crippen LogP contribution < -0.4 is 19.9 Å². The Morgan fingerprint density at radius 2 is 0.506 bits per heavy atom. The second kappa shape index (κ2) is 24.2. The third-order valence-electron chi connectivity index (χ3n) is 16.6. The van der Waals surface area contributed by atoms with Crippen molar-refractivity contribution in [2.24, 2.45) is 0 Å². The number of fused-ring (bicyclic) bond motifs is 8. The number of aromatic nitrogens is 4. The van der Waals surface area contributed by atoms with E-state index in [9.17, 15) is 61.3 Å². The zero-order valence-corrected chi connectivity index (χ0v) is 45.3. The summed E-state index contributed by atoms with van der Waals surface area (Å²) < 4.78 is 35.0. The van der Waals surface area contributed by atoms with E-state index in [-0.39, 0.29) is 23.2 Å². The average molecular weight is 1170 g/mol. The van der Waals surface area contributed by atoms with Crippen LogP contribution in [0.3, 0.4) is 0 Å². The first-order chi connectivity index (χ1) is 41.1. The molecule has 85 heavy (non-hydrogen) atoms. The van der Waals surface area contributed by atoms with Gasteiger partial charge in [0.1, 0.15) is 90.5 Å². The zero-order valence-electron chi connectivity index (χ0n) is 45.3. The molecule has 18 N–H and O–H groups in total. The first-order valence-corrected chi connectivity index (χ1v) is 27.9. The summed E-state index contributed by atoms with van der Waals surface area (Å²) in [6.07, 6.45) is -22.2. The maximum absolute atomic E-state index is 10.8. The molecule has 23 nitrogen and oxygen atoms in total. The van der Waals surface area contributed by atoms with Crippen LogP contribution in [0.2, 0.25) is 0 Å². The second-order valence-corrected chi connectivity index (χ2v) is 22.0. The molecule has 0 saturated carbocycles. The first kappa shape index (κ1) is 58.0. The van der Waals surface area contributed by atoms with Crippen molar-refractivity contribution in [2.75, 3.05) is 25.6 Å². The van der Waals surface area contributed by atoms with Crippen molar-refractivity contribution in [3.63, 3.8) is 0 Å². The van der Waals surface area contributed by atoms with Crippen molar-refractivity contribution in [1.29, 1.82) is 0 Å². The van der Waals surface area contributed by atoms with E-state index in [1.807, 2.05) is 109 Å². The lowest BCUT2D eigenvalue weighted by atomic mass is 9.92. The fourth-order valence-corrected chi connectivity index (χ4v) is 12.0. The lowest BCUT2D eigenvalue weighted by molar-refractivity contribution is -0.277. The molecule has 23 heteroatoms. The number of hydrogen-bond donors (Lipinski definition) is 17. The molecule has 0 spiro atoms. The first-order valence-electron chi connectivity index (χ1n) is 27.9. The van der Waals surface area contributed by atoms with Gasteiger partial charge in [-0.05, 0) is 119 Å². The van der Waals surface area contributed by atoms with Crippen LogP contribution in [0.5, 0.6) is 17.2 Å². The van der Waals surface area contributed by atoms with Gasteiger partial charge in [0.2, 0.25) is 18.9 Å². The van der Waals surface area contributed by atoms with Gasteiger partial charge in [-0.15, -0.1) is 0 Å². The summed E-state index contributed by atoms with van der Waals surface area (Å²) in [4.78, 5) is 15.2. The summed E-state index contributed by atoms with van der Waals surface area (Å²) in [6, 6.07) is 45.2. The van der Waals surface area contributed by atoms with E-state index in [0.717, 1.165) is 67.8 Å². The highest BCUT2D eigenvalue weighted by Gasteiger charge is 2.47. The quantitative estimate of drug-likeness (QED) is 0.0720. The van der Waals surface area contributed by atoms with E-state index in [1.54, 1.807) is 36.4 Å². The van der Waals surface area contributed by atoms with Crippen LogP contribution in [0, 0.1) is 0 Å². The molecule has 8 aromatic rings. The zero-order chi connectivity index (χ0) is 59.4. The molecule has 3 saturated heterocycles. The standard InChI is InChI=1S/C62H67N5O18/c63-32-9-1-28(2-10-32)47-36-17-19-38(64-36)48(29-3-11-33(12-4-29)80-60-57(77)54(74)51(71)44(25-68)83-60)40-21-23-42(66-40)50(31-7-15-35(16-8-31)82-62-59(79)56(76)53(73)46(27-70)85-62)43-24-22-41(67-43)49(39-20-18-37(47)65-39)30-5-13-34(14-6-30)81-61-58(78)55(75)52(72)45(26-69)84-61/h1-24,44-62,64-79H,25-27,63H2/t44-,45-,46-,47?,48?,49?,50?,51+,52+,53+,54-,55-,56-,57-,58-,59-,60+,61+,62+/m0/s1. The van der Waals surface area contributed by atoms with Crippen LogP contribution >= 0.6 is 0 Å². The highest BCUT2D eigenvalue weighted by atomic mass is 16.7. The Kier molecular flexibility index (Phi) is 16.5. The Morgan fingerprint density at radius 1 is 0.294 bits per heavy atom. The van der Waals surface area contributed by atoms with E-state index >= 15 is 0 Å². The van der Waals surface area contributed by atoms with E-state index < -0.39 is 130 Å². The van der Waals surface area contributed by atoms with E-state index in [4.69, 9.17) is 34.2 Å². The van der Waals surface area contributed by atoms with Gasteiger partial charge in [-0.25, -0.2) is 0 Å². The average Bonchev–Trinajstić information content (AvgIpc) is 4.19. The number of H-pyrrole nitrogens is 4. The molecule has 8 heterocycles. The number of aliphatic hydroxyl groups excluding tert-OH is 12. The highest BCUT2D eigenvalue weighted by molar-refractivity contribution is 5.51. The Hall–Kier alpha value is -7.40. The number of nitrogen functional groups attached to an aromatic ring is 1. The summed E-state index contributed by atoms with van der Waals surface area (Å²) in [5.74, 6) is -1.02. The number of rotatable bonds is 13. The van der Waals surface area contributed by atoms with Gasteiger partial charge in [-0.3, -0.25) is 0 Å². The van der Waals surface area contributed by atoms with E-state index in [2.05, 4.69) is 19.9 Å². The summed E-state index contributed by atoms with van der Waals surface area (Å²) in [5.41, 5.74) is 16.6. The number of nitrogens with two attached hydrogens (primary N) is 1. The van der Waals surface area contributed by atoms with Crippen molar-refractivity contribution >= 4 is 5.69 Å². The predicted octanol–water partition coefficient (Wildman–Crippen LogP) is 1.15. The largest absolute Gasteiger partial charge is 0.462 e. The molecule has 4 aromatic heterocycles. The number of hydrogen-bond acceptors (Lipinski definition) is 19. The van der Waals surface area contributed by atoms with E-state index in [1.165, 1.54) is 0 Å². The predicted molar refractivity (Wildman–Crippen MR) is 300 cm³/mol. The molecule has 17 atom stereocenters. The monoisotopic (exact) mass is 1170 g/mol. The number of aliphatic hydroxyl groups is 12. The number of benzene rings is 4. The number of ether oxygens (including phenoxy) is 6. The fraction of sp³-hybridized carbons (Fsp3) is 0.355. The fourth-order valence-electron chi connectivity index (χ4n) is 12.0. The van der Waals surface area contributed by atoms with Gasteiger partial charge in [0, 0.05) is 51.2 Å². The minimum atomic E-state index is -1.64. The van der Waals surface area contributed by atoms with Crippen LogP contribution in [-0.2, 0) is 14.2 Å². The number of anilines is 1. The molecule has 448 valence electrons. The SMILES string of the molecule is Nc1ccc(C2c3ccc([nH]3)C(c3ccc(O[C@@H]4O[C@@H](CO)[C@@H](O)[C@H](O)[C@@H]4O)cc3)c3ccc([nH]3)C(c3ccc(O[C@@H]4O[C@@H](CO)[C@@H](O)[C@H](O)[C@@H]4O)cc3)c3ccc([nH]3)C(c3ccc(O[C@@H]4O[C@@H](CO)[C@@H](O)[C@H](O)[C@@H]4O)cc3)c3ccc2[nH]3)cc1. The van der Waals surface area contributed by atoms with Crippen molar-refractivity contribution < 1.29 is 89.7 Å². The second-order valence-electron chi connectivity index (χ2n) is 22.0. The Balaban J connectivity index is 0.954. The smallest absolute Gasteiger partial charge is 0.229 e. The Bertz CT molecular complexity index is 3330. The summed E-state index contributed by atoms with van der Waals surface area (Å²) in [5, 5.41) is 125. The van der Waals surface area contributed by atoms with Gasteiger partial charge in [0.05, 0.1) is 43.5 Å². The van der Waals surface area contributed by atoms with Gasteiger partial charge in [-0.1, -0.05) is 48.5 Å². The van der Waals surface area contributed by atoms with Gasteiger partial charge >= 0.3 is 0 Å². The molecular formula is C62H67N5O18. The van der Waals surface area contributed by atoms with Crippen molar-refractivity contribution in [1.82, 2.24) is 19.9 Å². The van der Waals surface area contributed by atoms with Crippen molar-refractivity contribution in [3.8, 4) is 17.2 Å². The van der Waals surface area contributed by atoms with Crippen molar-refractivity contribution in [3.05, 3.63) is 213 Å². The maximum Gasteiger partial charge on any atom is 0.229 e. The molecule has 8 bridgehead atoms. The van der Waals surface area contributed by atoms with Gasteiger partial charge in [0.25, 0.3) is 0 Å². The molecule has 0 amide bonds. The maximum atomic E-state index is 10.8. The van der Waals surface area contributed by atoms with E-state index in [0.29, 0.717) is 5.69 Å². The van der Waals surface area contributed by atoms with Gasteiger partial charge in [0.15, 0.2) is 0 Å². The number of nitrogens with one attached hydrogen (secondary N) is 4. The van der Waals surface area contributed by atoms with Crippen molar-refractivity contribution in [2.45, 2.75) is 116 Å². The summed E-state index contributed by atoms with van der Waals surface area (Å²) in [7, 11) is 0. The van der Waals surface area contributed by atoms with Crippen LogP contribution in [-0.4, -0.2) is 193 Å². The Morgan fingerprint density at radius 3 is 0.718 bits per heavy atom. The molecule has 0 aliphatic carbocycles. The molecular weight excluding hydrogens is 1100 g/mol. The van der Waals surface area contributed by atoms with Crippen LogP contribution in [0.15, 0.2) is 146 Å². The lowest BCUT2D eigenvalue weighted by Crippen LogP contribution is -2.60. The third kappa shape index (κ3) is 11.3.